The number of carbonyl (C=O) groups is 1. The Balaban J connectivity index is 1.36. The minimum absolute atomic E-state index is 0.0329. The second-order valence-corrected chi connectivity index (χ2v) is 17.9. The Morgan fingerprint density at radius 1 is 1.00 bits per heavy atom. The molecule has 4 N–H and O–H groups in total. The first-order chi connectivity index (χ1) is 21.5. The number of carbonyl (C=O) groups excluding carboxylic acids is 1. The molecule has 0 radical (unpaired) electrons. The van der Waals surface area contributed by atoms with Crippen molar-refractivity contribution in [1.29, 1.82) is 0 Å². The highest BCUT2D eigenvalue weighted by molar-refractivity contribution is 5.95. The molecule has 1 saturated heterocycles. The van der Waals surface area contributed by atoms with E-state index in [2.05, 4.69) is 38.1 Å². The lowest BCUT2D eigenvalue weighted by Crippen LogP contribution is -2.66. The summed E-state index contributed by atoms with van der Waals surface area (Å²) >= 11 is 0. The summed E-state index contributed by atoms with van der Waals surface area (Å²) in [6.07, 6.45) is 9.50. The van der Waals surface area contributed by atoms with Crippen LogP contribution in [0.15, 0.2) is 42.0 Å². The summed E-state index contributed by atoms with van der Waals surface area (Å²) in [5, 5.41) is 48.5. The monoisotopic (exact) mass is 634 g/mol. The van der Waals surface area contributed by atoms with Gasteiger partial charge in [0.2, 0.25) is 0 Å². The molecule has 1 spiro atoms. The van der Waals surface area contributed by atoms with Gasteiger partial charge in [-0.1, -0.05) is 70.9 Å². The number of aliphatic hydroxyl groups excluding tert-OH is 1. The average Bonchev–Trinajstić information content (AvgIpc) is 3.66. The van der Waals surface area contributed by atoms with Crippen molar-refractivity contribution >= 4 is 5.78 Å². The zero-order valence-electron chi connectivity index (χ0n) is 29.0. The molecule has 1 aliphatic heterocycles. The van der Waals surface area contributed by atoms with Crippen molar-refractivity contribution in [2.45, 2.75) is 147 Å². The smallest absolute Gasteiger partial charge is 0.159 e. The fourth-order valence-electron chi connectivity index (χ4n) is 12.4. The van der Waals surface area contributed by atoms with E-state index in [1.54, 1.807) is 0 Å². The van der Waals surface area contributed by atoms with E-state index in [-0.39, 0.29) is 40.8 Å². The van der Waals surface area contributed by atoms with E-state index >= 15 is 0 Å². The third-order valence-corrected chi connectivity index (χ3v) is 15.3. The lowest BCUT2D eigenvalue weighted by atomic mass is 9.41. The first-order valence-electron chi connectivity index (χ1n) is 18.3. The van der Waals surface area contributed by atoms with Gasteiger partial charge in [-0.15, -0.1) is 0 Å². The van der Waals surface area contributed by atoms with E-state index < -0.39 is 45.9 Å². The van der Waals surface area contributed by atoms with Crippen LogP contribution in [0.5, 0.6) is 0 Å². The number of fused-ring (bicyclic) bond motifs is 6. The maximum absolute atomic E-state index is 14.2. The summed E-state index contributed by atoms with van der Waals surface area (Å²) in [7, 11) is 0. The molecule has 1 heterocycles. The zero-order valence-corrected chi connectivity index (χ0v) is 29.0. The van der Waals surface area contributed by atoms with Crippen LogP contribution >= 0.6 is 0 Å². The van der Waals surface area contributed by atoms with Gasteiger partial charge in [0.1, 0.15) is 12.2 Å². The number of benzene rings is 1. The average molecular weight is 635 g/mol. The number of hydrogen-bond donors (Lipinski definition) is 4. The van der Waals surface area contributed by atoms with Crippen molar-refractivity contribution < 1.29 is 30.0 Å². The molecular weight excluding hydrogens is 576 g/mol. The Morgan fingerprint density at radius 3 is 2.33 bits per heavy atom. The summed E-state index contributed by atoms with van der Waals surface area (Å²) in [5.74, 6) is -0.232. The van der Waals surface area contributed by atoms with E-state index in [9.17, 15) is 25.2 Å². The van der Waals surface area contributed by atoms with Crippen molar-refractivity contribution in [2.75, 3.05) is 0 Å². The highest BCUT2D eigenvalue weighted by Crippen LogP contribution is 2.78. The van der Waals surface area contributed by atoms with Gasteiger partial charge >= 0.3 is 0 Å². The van der Waals surface area contributed by atoms with Gasteiger partial charge in [0.05, 0.1) is 22.9 Å². The molecule has 5 fully saturated rings. The molecule has 46 heavy (non-hydrogen) atoms. The summed E-state index contributed by atoms with van der Waals surface area (Å²) < 4.78 is 6.21. The van der Waals surface area contributed by atoms with Gasteiger partial charge in [0.15, 0.2) is 5.78 Å². The van der Waals surface area contributed by atoms with E-state index in [1.807, 2.05) is 39.8 Å². The molecule has 12 unspecified atom stereocenters. The van der Waals surface area contributed by atoms with Crippen molar-refractivity contribution in [1.82, 2.24) is 0 Å². The van der Waals surface area contributed by atoms with E-state index in [4.69, 9.17) is 4.74 Å². The van der Waals surface area contributed by atoms with Crippen LogP contribution in [0.4, 0.5) is 0 Å². The SMILES string of the molecule is CC(C)C(C)(O)C1OC1C(C)(O)C1CC2(CCCC2)C2(O)C3=CC(=O)C4CC(O)CCC4(C)C3C(CCc3ccccc3)CC12C. The van der Waals surface area contributed by atoms with Gasteiger partial charge in [-0.05, 0) is 118 Å². The molecule has 5 aliphatic carbocycles. The van der Waals surface area contributed by atoms with Crippen LogP contribution < -0.4 is 0 Å². The normalized spacial score (nSPS) is 45.4. The Kier molecular flexibility index (Phi) is 7.67. The number of ketones is 1. The van der Waals surface area contributed by atoms with E-state index in [1.165, 1.54) is 5.56 Å². The molecule has 1 aromatic rings. The molecule has 4 saturated carbocycles. The van der Waals surface area contributed by atoms with Crippen LogP contribution in [0, 0.1) is 45.8 Å². The summed E-state index contributed by atoms with van der Waals surface area (Å²) in [6, 6.07) is 10.6. The fraction of sp³-hybridized carbons (Fsp3) is 0.775. The van der Waals surface area contributed by atoms with Crippen molar-refractivity contribution in [3.63, 3.8) is 0 Å². The second kappa shape index (κ2) is 10.7. The minimum Gasteiger partial charge on any atom is -0.393 e. The Labute approximate surface area is 276 Å². The van der Waals surface area contributed by atoms with Crippen molar-refractivity contribution in [3.05, 3.63) is 47.5 Å². The lowest BCUT2D eigenvalue weighted by molar-refractivity contribution is -0.185. The lowest BCUT2D eigenvalue weighted by Gasteiger charge is -2.65. The number of aliphatic hydroxyl groups is 4. The Bertz CT molecular complexity index is 1370. The maximum atomic E-state index is 14.2. The number of aryl methyl sites for hydroxylation is 1. The zero-order chi connectivity index (χ0) is 33.1. The Morgan fingerprint density at radius 2 is 1.67 bits per heavy atom. The second-order valence-electron chi connectivity index (χ2n) is 17.9. The van der Waals surface area contributed by atoms with Gasteiger partial charge in [-0.2, -0.15) is 0 Å². The molecule has 6 aliphatic rings. The standard InChI is InChI=1S/C40H58O6/c1-24(2)37(5,43)33-34(46-33)38(6,44)31-23-39(17-10-11-18-39)40(45)29-21-30(42)28-20-27(41)16-19-35(28,3)32(29)26(22-36(31,40)4)15-14-25-12-8-7-9-13-25/h7-9,12-13,21,24,26-28,31-34,41,43-45H,10-11,14-20,22-23H2,1-6H3. The fourth-order valence-corrected chi connectivity index (χ4v) is 12.4. The molecule has 7 rings (SSSR count). The molecule has 0 aromatic heterocycles. The molecular formula is C40H58O6. The maximum Gasteiger partial charge on any atom is 0.159 e. The van der Waals surface area contributed by atoms with Crippen LogP contribution in [0.1, 0.15) is 111 Å². The molecule has 12 atom stereocenters. The molecule has 1 aromatic carbocycles. The highest BCUT2D eigenvalue weighted by atomic mass is 16.6. The minimum atomic E-state index is -1.27. The van der Waals surface area contributed by atoms with E-state index in [0.717, 1.165) is 56.9 Å². The first kappa shape index (κ1) is 33.0. The summed E-state index contributed by atoms with van der Waals surface area (Å²) in [4.78, 5) is 14.2. The van der Waals surface area contributed by atoms with Crippen LogP contribution in [0.25, 0.3) is 0 Å². The third kappa shape index (κ3) is 4.42. The van der Waals surface area contributed by atoms with Gasteiger partial charge in [0.25, 0.3) is 0 Å². The molecule has 6 heteroatoms. The third-order valence-electron chi connectivity index (χ3n) is 15.3. The predicted octanol–water partition coefficient (Wildman–Crippen LogP) is 6.17. The van der Waals surface area contributed by atoms with Gasteiger partial charge in [0, 0.05) is 16.7 Å². The van der Waals surface area contributed by atoms with Crippen molar-refractivity contribution in [3.8, 4) is 0 Å². The quantitative estimate of drug-likeness (QED) is 0.267. The van der Waals surface area contributed by atoms with Gasteiger partial charge in [-0.3, -0.25) is 4.79 Å². The molecule has 254 valence electrons. The van der Waals surface area contributed by atoms with Crippen LogP contribution in [-0.2, 0) is 16.0 Å². The topological polar surface area (TPSA) is 111 Å². The number of rotatable bonds is 7. The van der Waals surface area contributed by atoms with Crippen LogP contribution in [0.2, 0.25) is 0 Å². The summed E-state index contributed by atoms with van der Waals surface area (Å²) in [6.45, 7) is 12.2. The first-order valence-corrected chi connectivity index (χ1v) is 18.3. The highest BCUT2D eigenvalue weighted by Gasteiger charge is 2.79. The van der Waals surface area contributed by atoms with Crippen LogP contribution in [0.3, 0.4) is 0 Å². The van der Waals surface area contributed by atoms with E-state index in [0.29, 0.717) is 19.3 Å². The largest absolute Gasteiger partial charge is 0.393 e. The van der Waals surface area contributed by atoms with Gasteiger partial charge < -0.3 is 25.2 Å². The van der Waals surface area contributed by atoms with Gasteiger partial charge in [-0.25, -0.2) is 0 Å². The molecule has 6 nitrogen and oxygen atoms in total. The van der Waals surface area contributed by atoms with Crippen LogP contribution in [-0.4, -0.2) is 61.3 Å². The number of hydrogen-bond acceptors (Lipinski definition) is 6. The number of allylic oxidation sites excluding steroid dienone is 1. The number of ether oxygens (including phenoxy) is 1. The predicted molar refractivity (Wildman–Crippen MR) is 178 cm³/mol. The Hall–Kier alpha value is -1.57. The summed E-state index contributed by atoms with van der Waals surface area (Å²) in [5.41, 5.74) is -2.80. The molecule has 0 bridgehead atoms. The number of epoxide rings is 1. The molecule has 0 amide bonds. The van der Waals surface area contributed by atoms with Crippen molar-refractivity contribution in [2.24, 2.45) is 45.8 Å².